The Kier molecular flexibility index (Phi) is 4.58. The zero-order valence-electron chi connectivity index (χ0n) is 15.0. The first kappa shape index (κ1) is 17.8. The number of nitro benzene ring substituents is 1. The van der Waals surface area contributed by atoms with E-state index in [4.69, 9.17) is 5.73 Å². The molecule has 1 aliphatic rings. The number of anilines is 1. The Bertz CT molecular complexity index is 1110. The summed E-state index contributed by atoms with van der Waals surface area (Å²) in [6.07, 6.45) is 0.647. The molecule has 1 aromatic carbocycles. The fourth-order valence-corrected chi connectivity index (χ4v) is 3.37. The third-order valence-corrected chi connectivity index (χ3v) is 4.71. The highest BCUT2D eigenvalue weighted by Crippen LogP contribution is 2.23. The van der Waals surface area contributed by atoms with Crippen LogP contribution in [0, 0.1) is 10.1 Å². The van der Waals surface area contributed by atoms with E-state index in [9.17, 15) is 14.9 Å². The third-order valence-electron chi connectivity index (χ3n) is 4.71. The number of nitrogens with zero attached hydrogens (tertiary/aromatic N) is 4. The van der Waals surface area contributed by atoms with Gasteiger partial charge in [-0.15, -0.1) is 0 Å². The van der Waals surface area contributed by atoms with E-state index in [1.165, 1.54) is 12.1 Å². The molecule has 3 N–H and O–H groups in total. The molecule has 1 aliphatic heterocycles. The van der Waals surface area contributed by atoms with E-state index in [0.29, 0.717) is 36.3 Å². The molecule has 0 radical (unpaired) electrons. The van der Waals surface area contributed by atoms with Gasteiger partial charge in [0, 0.05) is 43.8 Å². The molecule has 0 unspecified atom stereocenters. The molecule has 2 aromatic heterocycles. The highest BCUT2D eigenvalue weighted by molar-refractivity contribution is 5.62. The number of aromatic amines is 1. The molecule has 9 nitrogen and oxygen atoms in total. The first-order valence-electron chi connectivity index (χ1n) is 8.80. The number of rotatable bonds is 4. The zero-order valence-corrected chi connectivity index (χ0v) is 15.0. The van der Waals surface area contributed by atoms with Crippen LogP contribution >= 0.6 is 0 Å². The number of nitrogens with two attached hydrogens (primary N) is 1. The summed E-state index contributed by atoms with van der Waals surface area (Å²) in [7, 11) is 0. The molecule has 3 aromatic rings. The fourth-order valence-electron chi connectivity index (χ4n) is 3.37. The Balaban J connectivity index is 1.55. The lowest BCUT2D eigenvalue weighted by Crippen LogP contribution is -2.35. The molecule has 0 saturated carbocycles. The summed E-state index contributed by atoms with van der Waals surface area (Å²) in [6, 6.07) is 12.0. The van der Waals surface area contributed by atoms with Gasteiger partial charge in [0.05, 0.1) is 27.6 Å². The molecule has 0 bridgehead atoms. The van der Waals surface area contributed by atoms with Crippen LogP contribution in [0.25, 0.3) is 11.3 Å². The van der Waals surface area contributed by atoms with Crippen LogP contribution in [0.1, 0.15) is 17.0 Å². The number of fused-ring (bicyclic) bond motifs is 1. The van der Waals surface area contributed by atoms with Crippen LogP contribution in [-0.4, -0.2) is 31.3 Å². The maximum atomic E-state index is 12.1. The molecule has 0 saturated heterocycles. The SMILES string of the molecule is Nc1nc2c(c(=O)[nH]1)CN(Cc1cccc(-c3cccc([N+](=O)[O-])c3)n1)CC2. The number of benzene rings is 1. The summed E-state index contributed by atoms with van der Waals surface area (Å²) in [6.45, 7) is 1.78. The number of H-pyrrole nitrogens is 1. The van der Waals surface area contributed by atoms with Gasteiger partial charge in [-0.05, 0) is 12.1 Å². The lowest BCUT2D eigenvalue weighted by Gasteiger charge is -2.27. The average molecular weight is 378 g/mol. The van der Waals surface area contributed by atoms with Gasteiger partial charge >= 0.3 is 0 Å². The summed E-state index contributed by atoms with van der Waals surface area (Å²) in [4.78, 5) is 36.2. The quantitative estimate of drug-likeness (QED) is 0.523. The van der Waals surface area contributed by atoms with Crippen molar-refractivity contribution in [3.63, 3.8) is 0 Å². The maximum absolute atomic E-state index is 12.1. The Morgan fingerprint density at radius 1 is 1.21 bits per heavy atom. The van der Waals surface area contributed by atoms with E-state index in [0.717, 1.165) is 17.9 Å². The second-order valence-electron chi connectivity index (χ2n) is 6.66. The van der Waals surface area contributed by atoms with Crippen LogP contribution in [0.15, 0.2) is 47.3 Å². The minimum atomic E-state index is -0.420. The average Bonchev–Trinajstić information content (AvgIpc) is 2.69. The lowest BCUT2D eigenvalue weighted by atomic mass is 10.1. The highest BCUT2D eigenvalue weighted by Gasteiger charge is 2.21. The van der Waals surface area contributed by atoms with E-state index in [1.807, 2.05) is 18.2 Å². The summed E-state index contributed by atoms with van der Waals surface area (Å²) in [5.74, 6) is 0.142. The van der Waals surface area contributed by atoms with Crippen molar-refractivity contribution in [3.05, 3.63) is 79.9 Å². The van der Waals surface area contributed by atoms with Crippen LogP contribution in [0.5, 0.6) is 0 Å². The molecule has 142 valence electrons. The van der Waals surface area contributed by atoms with E-state index in [1.54, 1.807) is 12.1 Å². The number of hydrogen-bond donors (Lipinski definition) is 2. The fraction of sp³-hybridized carbons (Fsp3) is 0.211. The standard InChI is InChI=1S/C19H18N6O3/c20-19-22-17-7-8-24(11-15(17)18(26)23-19)10-13-4-2-6-16(21-13)12-3-1-5-14(9-12)25(27)28/h1-6,9H,7-8,10-11H2,(H3,20,22,23,26). The zero-order chi connectivity index (χ0) is 19.7. The Morgan fingerprint density at radius 3 is 2.86 bits per heavy atom. The van der Waals surface area contributed by atoms with Crippen molar-refractivity contribution in [2.24, 2.45) is 0 Å². The van der Waals surface area contributed by atoms with Gasteiger partial charge in [0.25, 0.3) is 11.2 Å². The number of nitrogen functional groups attached to an aromatic ring is 1. The molecule has 0 fully saturated rings. The molecular formula is C19H18N6O3. The molecule has 28 heavy (non-hydrogen) atoms. The smallest absolute Gasteiger partial charge is 0.270 e. The minimum Gasteiger partial charge on any atom is -0.369 e. The maximum Gasteiger partial charge on any atom is 0.270 e. The third kappa shape index (κ3) is 3.60. The van der Waals surface area contributed by atoms with Crippen LogP contribution < -0.4 is 11.3 Å². The summed E-state index contributed by atoms with van der Waals surface area (Å²) in [5.41, 5.74) is 9.01. The van der Waals surface area contributed by atoms with Gasteiger partial charge in [-0.2, -0.15) is 0 Å². The first-order chi connectivity index (χ1) is 13.5. The van der Waals surface area contributed by atoms with Crippen molar-refractivity contribution in [2.45, 2.75) is 19.5 Å². The molecule has 3 heterocycles. The van der Waals surface area contributed by atoms with Gasteiger partial charge in [0.1, 0.15) is 0 Å². The number of aromatic nitrogens is 3. The van der Waals surface area contributed by atoms with Gasteiger partial charge in [-0.25, -0.2) is 4.98 Å². The molecule has 0 atom stereocenters. The molecule has 0 amide bonds. The topological polar surface area (TPSA) is 131 Å². The van der Waals surface area contributed by atoms with Gasteiger partial charge in [0.15, 0.2) is 0 Å². The predicted molar refractivity (Wildman–Crippen MR) is 103 cm³/mol. The van der Waals surface area contributed by atoms with Crippen molar-refractivity contribution < 1.29 is 4.92 Å². The highest BCUT2D eigenvalue weighted by atomic mass is 16.6. The molecule has 0 spiro atoms. The molecular weight excluding hydrogens is 360 g/mol. The second kappa shape index (κ2) is 7.20. The number of nitrogens with one attached hydrogen (secondary N) is 1. The summed E-state index contributed by atoms with van der Waals surface area (Å²) in [5, 5.41) is 11.0. The van der Waals surface area contributed by atoms with Crippen molar-refractivity contribution >= 4 is 11.6 Å². The van der Waals surface area contributed by atoms with Crippen molar-refractivity contribution in [3.8, 4) is 11.3 Å². The molecule has 9 heteroatoms. The summed E-state index contributed by atoms with van der Waals surface area (Å²) < 4.78 is 0. The van der Waals surface area contributed by atoms with E-state index < -0.39 is 4.92 Å². The minimum absolute atomic E-state index is 0.0309. The molecule has 4 rings (SSSR count). The van der Waals surface area contributed by atoms with E-state index in [-0.39, 0.29) is 17.2 Å². The van der Waals surface area contributed by atoms with E-state index >= 15 is 0 Å². The normalized spacial score (nSPS) is 13.9. The van der Waals surface area contributed by atoms with Crippen molar-refractivity contribution in [1.29, 1.82) is 0 Å². The van der Waals surface area contributed by atoms with Gasteiger partial charge in [-0.3, -0.25) is 29.8 Å². The lowest BCUT2D eigenvalue weighted by molar-refractivity contribution is -0.384. The Labute approximate surface area is 160 Å². The number of non-ortho nitro benzene ring substituents is 1. The Hall–Kier alpha value is -3.59. The molecule has 0 aliphatic carbocycles. The van der Waals surface area contributed by atoms with Crippen molar-refractivity contribution in [2.75, 3.05) is 12.3 Å². The number of pyridine rings is 1. The monoisotopic (exact) mass is 378 g/mol. The van der Waals surface area contributed by atoms with E-state index in [2.05, 4.69) is 19.9 Å². The number of hydrogen-bond acceptors (Lipinski definition) is 7. The Morgan fingerprint density at radius 2 is 2.04 bits per heavy atom. The van der Waals surface area contributed by atoms with Crippen LogP contribution in [0.3, 0.4) is 0 Å². The second-order valence-corrected chi connectivity index (χ2v) is 6.66. The van der Waals surface area contributed by atoms with Gasteiger partial charge in [-0.1, -0.05) is 18.2 Å². The predicted octanol–water partition coefficient (Wildman–Crippen LogP) is 1.88. The largest absolute Gasteiger partial charge is 0.369 e. The van der Waals surface area contributed by atoms with Crippen LogP contribution in [0.2, 0.25) is 0 Å². The summed E-state index contributed by atoms with van der Waals surface area (Å²) >= 11 is 0. The van der Waals surface area contributed by atoms with Crippen LogP contribution in [-0.2, 0) is 19.5 Å². The van der Waals surface area contributed by atoms with Gasteiger partial charge in [0.2, 0.25) is 5.95 Å². The van der Waals surface area contributed by atoms with Crippen molar-refractivity contribution in [1.82, 2.24) is 19.9 Å². The van der Waals surface area contributed by atoms with Gasteiger partial charge < -0.3 is 5.73 Å². The number of nitro groups is 1. The first-order valence-corrected chi connectivity index (χ1v) is 8.80. The van der Waals surface area contributed by atoms with Crippen LogP contribution in [0.4, 0.5) is 11.6 Å².